The monoisotopic (exact) mass is 496 g/mol. The standard InChI is InChI=1S/C30H44N2O2S/c1-2-3-4-5-6-7-8-9-10-11-12-13-14-18-23-35(33,34)32-28-21-22-29-27(24-28)25-30(31-29)26-19-16-15-17-20-26/h15-17,19-22,24-25,31-32H,2-14,18,23H2,1H3. The van der Waals surface area contributed by atoms with E-state index in [1.54, 1.807) is 0 Å². The number of H-pyrrole nitrogens is 1. The number of hydrogen-bond donors (Lipinski definition) is 2. The second-order valence-corrected chi connectivity index (χ2v) is 11.7. The Hall–Kier alpha value is -2.27. The Bertz CT molecular complexity index is 1090. The van der Waals surface area contributed by atoms with Crippen molar-refractivity contribution in [2.24, 2.45) is 0 Å². The number of rotatable bonds is 18. The van der Waals surface area contributed by atoms with Crippen LogP contribution in [0, 0.1) is 0 Å². The van der Waals surface area contributed by atoms with Crippen molar-refractivity contribution in [1.29, 1.82) is 0 Å². The van der Waals surface area contributed by atoms with Gasteiger partial charge in [-0.2, -0.15) is 0 Å². The van der Waals surface area contributed by atoms with Gasteiger partial charge in [0.15, 0.2) is 0 Å². The summed E-state index contributed by atoms with van der Waals surface area (Å²) in [6.07, 6.45) is 17.7. The molecule has 2 N–H and O–H groups in total. The van der Waals surface area contributed by atoms with E-state index in [0.717, 1.165) is 41.4 Å². The first-order chi connectivity index (χ1) is 17.1. The van der Waals surface area contributed by atoms with Crippen LogP contribution in [0.3, 0.4) is 0 Å². The molecule has 2 aromatic carbocycles. The molecule has 5 heteroatoms. The zero-order chi connectivity index (χ0) is 24.8. The van der Waals surface area contributed by atoms with Crippen molar-refractivity contribution >= 4 is 26.6 Å². The smallest absolute Gasteiger partial charge is 0.232 e. The van der Waals surface area contributed by atoms with Crippen LogP contribution in [0.15, 0.2) is 54.6 Å². The van der Waals surface area contributed by atoms with E-state index < -0.39 is 10.0 Å². The van der Waals surface area contributed by atoms with Crippen LogP contribution in [-0.4, -0.2) is 19.2 Å². The summed E-state index contributed by atoms with van der Waals surface area (Å²) in [6.45, 7) is 2.27. The quantitative estimate of drug-likeness (QED) is 0.173. The summed E-state index contributed by atoms with van der Waals surface area (Å²) < 4.78 is 27.9. The minimum Gasteiger partial charge on any atom is -0.355 e. The van der Waals surface area contributed by atoms with Gasteiger partial charge in [-0.1, -0.05) is 121 Å². The highest BCUT2D eigenvalue weighted by atomic mass is 32.2. The Morgan fingerprint density at radius 2 is 1.26 bits per heavy atom. The molecule has 3 aromatic rings. The van der Waals surface area contributed by atoms with Gasteiger partial charge in [0.05, 0.1) is 5.75 Å². The summed E-state index contributed by atoms with van der Waals surface area (Å²) in [6, 6.07) is 17.9. The number of hydrogen-bond acceptors (Lipinski definition) is 2. The molecule has 0 bridgehead atoms. The number of fused-ring (bicyclic) bond motifs is 1. The molecule has 0 amide bonds. The molecule has 1 heterocycles. The molecule has 3 rings (SSSR count). The Kier molecular flexibility index (Phi) is 11.7. The third-order valence-electron chi connectivity index (χ3n) is 6.75. The summed E-state index contributed by atoms with van der Waals surface area (Å²) in [5.74, 6) is 0.186. The highest BCUT2D eigenvalue weighted by molar-refractivity contribution is 7.92. The molecule has 0 spiro atoms. The van der Waals surface area contributed by atoms with Crippen LogP contribution in [-0.2, 0) is 10.0 Å². The topological polar surface area (TPSA) is 62.0 Å². The summed E-state index contributed by atoms with van der Waals surface area (Å²) in [7, 11) is -3.33. The molecule has 0 aliphatic heterocycles. The van der Waals surface area contributed by atoms with Crippen LogP contribution < -0.4 is 4.72 Å². The van der Waals surface area contributed by atoms with Crippen molar-refractivity contribution in [3.05, 3.63) is 54.6 Å². The summed E-state index contributed by atoms with van der Waals surface area (Å²) in [4.78, 5) is 3.41. The minimum absolute atomic E-state index is 0.186. The maximum absolute atomic E-state index is 12.6. The maximum atomic E-state index is 12.6. The molecule has 4 nitrogen and oxygen atoms in total. The lowest BCUT2D eigenvalue weighted by molar-refractivity contribution is 0.537. The fraction of sp³-hybridized carbons (Fsp3) is 0.533. The van der Waals surface area contributed by atoms with Crippen molar-refractivity contribution in [1.82, 2.24) is 4.98 Å². The fourth-order valence-corrected chi connectivity index (χ4v) is 5.86. The highest BCUT2D eigenvalue weighted by Gasteiger charge is 2.11. The predicted octanol–water partition coefficient (Wildman–Crippen LogP) is 9.06. The largest absolute Gasteiger partial charge is 0.355 e. The van der Waals surface area contributed by atoms with Gasteiger partial charge in [-0.05, 0) is 36.2 Å². The molecular weight excluding hydrogens is 452 g/mol. The Morgan fingerprint density at radius 1 is 0.686 bits per heavy atom. The Morgan fingerprint density at radius 3 is 1.86 bits per heavy atom. The van der Waals surface area contributed by atoms with E-state index in [9.17, 15) is 8.42 Å². The minimum atomic E-state index is -3.33. The van der Waals surface area contributed by atoms with Gasteiger partial charge in [0.1, 0.15) is 0 Å². The zero-order valence-corrected chi connectivity index (χ0v) is 22.3. The molecular formula is C30H44N2O2S. The normalized spacial score (nSPS) is 11.8. The van der Waals surface area contributed by atoms with Crippen LogP contribution in [0.4, 0.5) is 5.69 Å². The van der Waals surface area contributed by atoms with Gasteiger partial charge in [0.2, 0.25) is 10.0 Å². The lowest BCUT2D eigenvalue weighted by Gasteiger charge is -2.08. The molecule has 0 saturated carbocycles. The molecule has 0 saturated heterocycles. The number of aromatic amines is 1. The molecule has 35 heavy (non-hydrogen) atoms. The van der Waals surface area contributed by atoms with Crippen molar-refractivity contribution in [3.63, 3.8) is 0 Å². The second kappa shape index (κ2) is 15.0. The van der Waals surface area contributed by atoms with Crippen LogP contribution in [0.2, 0.25) is 0 Å². The number of aromatic nitrogens is 1. The van der Waals surface area contributed by atoms with Gasteiger partial charge in [0.25, 0.3) is 0 Å². The third-order valence-corrected chi connectivity index (χ3v) is 8.12. The van der Waals surface area contributed by atoms with E-state index in [1.165, 1.54) is 70.6 Å². The zero-order valence-electron chi connectivity index (χ0n) is 21.5. The van der Waals surface area contributed by atoms with Crippen LogP contribution >= 0.6 is 0 Å². The van der Waals surface area contributed by atoms with Crippen LogP contribution in [0.1, 0.15) is 96.8 Å². The van der Waals surface area contributed by atoms with Crippen LogP contribution in [0.5, 0.6) is 0 Å². The first-order valence-electron chi connectivity index (χ1n) is 13.8. The Labute approximate surface area is 213 Å². The van der Waals surface area contributed by atoms with E-state index in [0.29, 0.717) is 5.69 Å². The number of benzene rings is 2. The van der Waals surface area contributed by atoms with Gasteiger partial charge >= 0.3 is 0 Å². The van der Waals surface area contributed by atoms with E-state index in [4.69, 9.17) is 0 Å². The first kappa shape index (κ1) is 27.3. The molecule has 0 aliphatic carbocycles. The molecule has 0 aliphatic rings. The lowest BCUT2D eigenvalue weighted by atomic mass is 10.0. The molecule has 0 unspecified atom stereocenters. The van der Waals surface area contributed by atoms with Crippen molar-refractivity contribution in [2.45, 2.75) is 96.8 Å². The van der Waals surface area contributed by atoms with E-state index >= 15 is 0 Å². The van der Waals surface area contributed by atoms with Gasteiger partial charge in [0, 0.05) is 22.3 Å². The van der Waals surface area contributed by atoms with Crippen molar-refractivity contribution < 1.29 is 8.42 Å². The van der Waals surface area contributed by atoms with Crippen molar-refractivity contribution in [3.8, 4) is 11.3 Å². The predicted molar refractivity (Wildman–Crippen MR) is 151 cm³/mol. The van der Waals surface area contributed by atoms with Gasteiger partial charge in [-0.3, -0.25) is 4.72 Å². The Balaban J connectivity index is 1.29. The lowest BCUT2D eigenvalue weighted by Crippen LogP contribution is -2.16. The number of unbranched alkanes of at least 4 members (excludes halogenated alkanes) is 13. The molecule has 192 valence electrons. The third kappa shape index (κ3) is 10.1. The average molecular weight is 497 g/mol. The number of anilines is 1. The highest BCUT2D eigenvalue weighted by Crippen LogP contribution is 2.26. The maximum Gasteiger partial charge on any atom is 0.232 e. The van der Waals surface area contributed by atoms with Crippen LogP contribution in [0.25, 0.3) is 22.2 Å². The molecule has 0 radical (unpaired) electrons. The van der Waals surface area contributed by atoms with Crippen molar-refractivity contribution in [2.75, 3.05) is 10.5 Å². The van der Waals surface area contributed by atoms with E-state index in [1.807, 2.05) is 36.4 Å². The average Bonchev–Trinajstić information content (AvgIpc) is 3.28. The summed E-state index contributed by atoms with van der Waals surface area (Å²) >= 11 is 0. The fourth-order valence-electron chi connectivity index (χ4n) is 4.69. The molecule has 0 fully saturated rings. The van der Waals surface area contributed by atoms with E-state index in [-0.39, 0.29) is 5.75 Å². The van der Waals surface area contributed by atoms with Gasteiger partial charge in [-0.25, -0.2) is 8.42 Å². The summed E-state index contributed by atoms with van der Waals surface area (Å²) in [5, 5.41) is 1.00. The van der Waals surface area contributed by atoms with Gasteiger partial charge in [-0.15, -0.1) is 0 Å². The van der Waals surface area contributed by atoms with E-state index in [2.05, 4.69) is 34.8 Å². The number of sulfonamides is 1. The summed E-state index contributed by atoms with van der Waals surface area (Å²) in [5.41, 5.74) is 3.77. The molecule has 0 atom stereocenters. The first-order valence-corrected chi connectivity index (χ1v) is 15.4. The molecule has 1 aromatic heterocycles. The van der Waals surface area contributed by atoms with Gasteiger partial charge < -0.3 is 4.98 Å². The number of nitrogens with one attached hydrogen (secondary N) is 2. The second-order valence-electron chi connectivity index (χ2n) is 9.87. The SMILES string of the molecule is CCCCCCCCCCCCCCCCS(=O)(=O)Nc1ccc2[nH]c(-c3ccccc3)cc2c1.